The highest BCUT2D eigenvalue weighted by Crippen LogP contribution is 2.12. The van der Waals surface area contributed by atoms with E-state index in [9.17, 15) is 4.79 Å². The minimum atomic E-state index is -0.202. The minimum absolute atomic E-state index is 0.102. The molecule has 0 fully saturated rings. The standard InChI is InChI=1S/C17H22N4O/c1-13(2)9-18-17(22)20-14(3)16-10-19-21(12-16)11-15-7-5-4-6-8-15/h4-8,10,12,14H,1,9,11H2,2-3H3,(H2,18,20,22)/t14-/m1/s1. The maximum atomic E-state index is 11.7. The van der Waals surface area contributed by atoms with E-state index in [1.54, 1.807) is 6.20 Å². The number of amides is 2. The fourth-order valence-electron chi connectivity index (χ4n) is 2.02. The van der Waals surface area contributed by atoms with Crippen molar-refractivity contribution in [1.29, 1.82) is 0 Å². The van der Waals surface area contributed by atoms with Gasteiger partial charge in [0, 0.05) is 18.3 Å². The van der Waals surface area contributed by atoms with Crippen LogP contribution in [-0.4, -0.2) is 22.4 Å². The van der Waals surface area contributed by atoms with E-state index in [0.717, 1.165) is 17.7 Å². The second-order valence-electron chi connectivity index (χ2n) is 5.46. The summed E-state index contributed by atoms with van der Waals surface area (Å²) in [5.74, 6) is 0. The lowest BCUT2D eigenvalue weighted by atomic mass is 10.2. The van der Waals surface area contributed by atoms with Crippen LogP contribution in [0.15, 0.2) is 54.9 Å². The van der Waals surface area contributed by atoms with Gasteiger partial charge in [-0.1, -0.05) is 42.5 Å². The van der Waals surface area contributed by atoms with Crippen LogP contribution in [0.2, 0.25) is 0 Å². The summed E-state index contributed by atoms with van der Waals surface area (Å²) in [6, 6.07) is 9.84. The molecule has 1 aromatic carbocycles. The Kier molecular flexibility index (Phi) is 5.36. The molecule has 0 radical (unpaired) electrons. The molecule has 0 saturated carbocycles. The Morgan fingerprint density at radius 1 is 1.36 bits per heavy atom. The molecule has 5 nitrogen and oxygen atoms in total. The summed E-state index contributed by atoms with van der Waals surface area (Å²) < 4.78 is 1.87. The van der Waals surface area contributed by atoms with Crippen molar-refractivity contribution in [3.8, 4) is 0 Å². The van der Waals surface area contributed by atoms with Gasteiger partial charge in [-0.2, -0.15) is 5.10 Å². The topological polar surface area (TPSA) is 59.0 Å². The van der Waals surface area contributed by atoms with Gasteiger partial charge >= 0.3 is 6.03 Å². The molecule has 2 N–H and O–H groups in total. The van der Waals surface area contributed by atoms with Gasteiger partial charge in [-0.05, 0) is 19.4 Å². The van der Waals surface area contributed by atoms with Gasteiger partial charge in [0.05, 0.1) is 18.8 Å². The van der Waals surface area contributed by atoms with Crippen LogP contribution in [0, 0.1) is 0 Å². The number of carbonyl (C=O) groups excluding carboxylic acids is 1. The summed E-state index contributed by atoms with van der Waals surface area (Å²) in [5.41, 5.74) is 3.08. The Labute approximate surface area is 131 Å². The van der Waals surface area contributed by atoms with E-state index in [1.807, 2.05) is 42.9 Å². The smallest absolute Gasteiger partial charge is 0.315 e. The molecule has 2 rings (SSSR count). The monoisotopic (exact) mass is 298 g/mol. The first-order chi connectivity index (χ1) is 10.5. The minimum Gasteiger partial charge on any atom is -0.334 e. The fourth-order valence-corrected chi connectivity index (χ4v) is 2.02. The van der Waals surface area contributed by atoms with Crippen LogP contribution in [0.3, 0.4) is 0 Å². The van der Waals surface area contributed by atoms with Crippen molar-refractivity contribution in [3.63, 3.8) is 0 Å². The summed E-state index contributed by atoms with van der Waals surface area (Å²) in [5, 5.41) is 9.98. The highest BCUT2D eigenvalue weighted by Gasteiger charge is 2.11. The van der Waals surface area contributed by atoms with E-state index < -0.39 is 0 Å². The number of hydrogen-bond donors (Lipinski definition) is 2. The second-order valence-corrected chi connectivity index (χ2v) is 5.46. The van der Waals surface area contributed by atoms with Crippen LogP contribution >= 0.6 is 0 Å². The lowest BCUT2D eigenvalue weighted by molar-refractivity contribution is 0.238. The van der Waals surface area contributed by atoms with Gasteiger partial charge in [-0.3, -0.25) is 4.68 Å². The molecule has 0 unspecified atom stereocenters. The van der Waals surface area contributed by atoms with E-state index in [0.29, 0.717) is 6.54 Å². The van der Waals surface area contributed by atoms with Crippen LogP contribution in [-0.2, 0) is 6.54 Å². The van der Waals surface area contributed by atoms with Gasteiger partial charge in [-0.15, -0.1) is 0 Å². The summed E-state index contributed by atoms with van der Waals surface area (Å²) in [6.07, 6.45) is 3.74. The summed E-state index contributed by atoms with van der Waals surface area (Å²) >= 11 is 0. The average molecular weight is 298 g/mol. The van der Waals surface area contributed by atoms with E-state index in [-0.39, 0.29) is 12.1 Å². The zero-order valence-electron chi connectivity index (χ0n) is 13.0. The summed E-state index contributed by atoms with van der Waals surface area (Å²) in [7, 11) is 0. The molecule has 1 heterocycles. The molecular formula is C17H22N4O. The van der Waals surface area contributed by atoms with Gasteiger partial charge in [-0.25, -0.2) is 4.79 Å². The van der Waals surface area contributed by atoms with Crippen molar-refractivity contribution in [2.24, 2.45) is 0 Å². The number of carbonyl (C=O) groups is 1. The molecule has 1 aromatic heterocycles. The zero-order chi connectivity index (χ0) is 15.9. The molecule has 2 aromatic rings. The Morgan fingerprint density at radius 3 is 2.77 bits per heavy atom. The largest absolute Gasteiger partial charge is 0.334 e. The Hall–Kier alpha value is -2.56. The highest BCUT2D eigenvalue weighted by atomic mass is 16.2. The molecule has 2 amide bonds. The van der Waals surface area contributed by atoms with Crippen molar-refractivity contribution in [2.75, 3.05) is 6.54 Å². The molecule has 0 aliphatic heterocycles. The van der Waals surface area contributed by atoms with E-state index in [4.69, 9.17) is 0 Å². The van der Waals surface area contributed by atoms with Crippen LogP contribution in [0.4, 0.5) is 4.79 Å². The summed E-state index contributed by atoms with van der Waals surface area (Å²) in [6.45, 7) is 8.75. The van der Waals surface area contributed by atoms with Crippen molar-refractivity contribution in [2.45, 2.75) is 26.4 Å². The Balaban J connectivity index is 1.90. The number of urea groups is 1. The first-order valence-electron chi connectivity index (χ1n) is 7.29. The molecular weight excluding hydrogens is 276 g/mol. The maximum absolute atomic E-state index is 11.7. The Bertz CT molecular complexity index is 633. The predicted octanol–water partition coefficient (Wildman–Crippen LogP) is 2.87. The van der Waals surface area contributed by atoms with Crippen molar-refractivity contribution in [3.05, 3.63) is 66.0 Å². The van der Waals surface area contributed by atoms with E-state index >= 15 is 0 Å². The molecule has 0 bridgehead atoms. The third-order valence-electron chi connectivity index (χ3n) is 3.24. The van der Waals surface area contributed by atoms with Gasteiger partial charge < -0.3 is 10.6 Å². The van der Waals surface area contributed by atoms with Gasteiger partial charge in [0.2, 0.25) is 0 Å². The Morgan fingerprint density at radius 2 is 2.09 bits per heavy atom. The zero-order valence-corrected chi connectivity index (χ0v) is 13.0. The van der Waals surface area contributed by atoms with Crippen LogP contribution < -0.4 is 10.6 Å². The first-order valence-corrected chi connectivity index (χ1v) is 7.29. The third kappa shape index (κ3) is 4.77. The second kappa shape index (κ2) is 7.45. The van der Waals surface area contributed by atoms with Crippen LogP contribution in [0.1, 0.15) is 31.0 Å². The molecule has 0 aliphatic carbocycles. The average Bonchev–Trinajstić information content (AvgIpc) is 2.95. The molecule has 1 atom stereocenters. The molecule has 0 saturated heterocycles. The quantitative estimate of drug-likeness (QED) is 0.806. The number of rotatable bonds is 6. The normalized spacial score (nSPS) is 11.7. The molecule has 116 valence electrons. The lowest BCUT2D eigenvalue weighted by Gasteiger charge is -2.13. The number of aromatic nitrogens is 2. The first kappa shape index (κ1) is 15.8. The number of benzene rings is 1. The van der Waals surface area contributed by atoms with Crippen molar-refractivity contribution >= 4 is 6.03 Å². The van der Waals surface area contributed by atoms with E-state index in [1.165, 1.54) is 5.56 Å². The molecule has 5 heteroatoms. The van der Waals surface area contributed by atoms with Crippen molar-refractivity contribution in [1.82, 2.24) is 20.4 Å². The van der Waals surface area contributed by atoms with Crippen molar-refractivity contribution < 1.29 is 4.79 Å². The van der Waals surface area contributed by atoms with Gasteiger partial charge in [0.25, 0.3) is 0 Å². The predicted molar refractivity (Wildman–Crippen MR) is 87.5 cm³/mol. The number of nitrogens with zero attached hydrogens (tertiary/aromatic N) is 2. The number of nitrogens with one attached hydrogen (secondary N) is 2. The van der Waals surface area contributed by atoms with E-state index in [2.05, 4.69) is 34.4 Å². The molecule has 0 spiro atoms. The lowest BCUT2D eigenvalue weighted by Crippen LogP contribution is -2.37. The molecule has 22 heavy (non-hydrogen) atoms. The SMILES string of the molecule is C=C(C)CNC(=O)N[C@H](C)c1cnn(Cc2ccccc2)c1. The summed E-state index contributed by atoms with van der Waals surface area (Å²) in [4.78, 5) is 11.7. The van der Waals surface area contributed by atoms with Gasteiger partial charge in [0.1, 0.15) is 0 Å². The highest BCUT2D eigenvalue weighted by molar-refractivity contribution is 5.74. The maximum Gasteiger partial charge on any atom is 0.315 e. The third-order valence-corrected chi connectivity index (χ3v) is 3.24. The number of hydrogen-bond acceptors (Lipinski definition) is 2. The van der Waals surface area contributed by atoms with Gasteiger partial charge in [0.15, 0.2) is 0 Å². The van der Waals surface area contributed by atoms with Crippen LogP contribution in [0.25, 0.3) is 0 Å². The van der Waals surface area contributed by atoms with Crippen LogP contribution in [0.5, 0.6) is 0 Å². The fraction of sp³-hybridized carbons (Fsp3) is 0.294. The molecule has 0 aliphatic rings.